The second-order valence-electron chi connectivity index (χ2n) is 6.64. The summed E-state index contributed by atoms with van der Waals surface area (Å²) in [5, 5.41) is 9.46. The first kappa shape index (κ1) is 21.7. The molecule has 0 saturated carbocycles. The highest BCUT2D eigenvalue weighted by molar-refractivity contribution is 7.97. The molecule has 2 heterocycles. The van der Waals surface area contributed by atoms with Gasteiger partial charge in [-0.3, -0.25) is 9.93 Å². The van der Waals surface area contributed by atoms with Crippen LogP contribution in [0.3, 0.4) is 0 Å². The summed E-state index contributed by atoms with van der Waals surface area (Å²) >= 11 is 1.12. The van der Waals surface area contributed by atoms with Crippen molar-refractivity contribution in [1.82, 2.24) is 14.7 Å². The van der Waals surface area contributed by atoms with E-state index < -0.39 is 6.36 Å². The average molecular weight is 460 g/mol. The third-order valence-electron chi connectivity index (χ3n) is 4.39. The Bertz CT molecular complexity index is 1290. The van der Waals surface area contributed by atoms with Crippen LogP contribution in [0, 0.1) is 0 Å². The van der Waals surface area contributed by atoms with Gasteiger partial charge in [-0.25, -0.2) is 0 Å². The fraction of sp³-hybridized carbons (Fsp3) is 0.0952. The van der Waals surface area contributed by atoms with Crippen molar-refractivity contribution in [2.45, 2.75) is 17.8 Å². The summed E-state index contributed by atoms with van der Waals surface area (Å²) in [4.78, 5) is 17.5. The van der Waals surface area contributed by atoms with Crippen LogP contribution in [0.4, 0.5) is 13.2 Å². The minimum absolute atomic E-state index is 0.163. The van der Waals surface area contributed by atoms with Gasteiger partial charge in [-0.15, -0.1) is 13.2 Å². The molecule has 0 amide bonds. The first-order valence-electron chi connectivity index (χ1n) is 9.17. The van der Waals surface area contributed by atoms with Gasteiger partial charge in [-0.2, -0.15) is 4.98 Å². The Kier molecular flexibility index (Phi) is 6.01. The van der Waals surface area contributed by atoms with Crippen LogP contribution in [-0.2, 0) is 6.54 Å². The zero-order chi connectivity index (χ0) is 22.7. The predicted octanol–water partition coefficient (Wildman–Crippen LogP) is 4.48. The fourth-order valence-corrected chi connectivity index (χ4v) is 3.34. The number of ether oxygens (including phenoxy) is 1. The van der Waals surface area contributed by atoms with Crippen LogP contribution >= 0.6 is 11.9 Å². The molecule has 7 nitrogen and oxygen atoms in total. The van der Waals surface area contributed by atoms with Gasteiger partial charge >= 0.3 is 6.36 Å². The maximum Gasteiger partial charge on any atom is 0.573 e. The summed E-state index contributed by atoms with van der Waals surface area (Å²) in [7, 11) is 0. The van der Waals surface area contributed by atoms with Crippen LogP contribution in [0.1, 0.15) is 5.56 Å². The molecule has 2 N–H and O–H groups in total. The third-order valence-corrected chi connectivity index (χ3v) is 4.92. The van der Waals surface area contributed by atoms with Gasteiger partial charge in [0, 0.05) is 22.7 Å². The topological polar surface area (TPSA) is 96.2 Å². The molecule has 4 rings (SSSR count). The van der Waals surface area contributed by atoms with Gasteiger partial charge < -0.3 is 13.8 Å². The SMILES string of the molecule is NSc1cccc(Cn2cc(-c3nc(-c4ccc(OC(F)(F)F)cc4)no3)ccc2=O)c1. The minimum Gasteiger partial charge on any atom is -0.406 e. The highest BCUT2D eigenvalue weighted by atomic mass is 32.2. The Morgan fingerprint density at radius 3 is 2.53 bits per heavy atom. The zero-order valence-electron chi connectivity index (χ0n) is 16.2. The highest BCUT2D eigenvalue weighted by Crippen LogP contribution is 2.26. The quantitative estimate of drug-likeness (QED) is 0.424. The number of benzene rings is 2. The zero-order valence-corrected chi connectivity index (χ0v) is 17.1. The molecule has 0 unspecified atom stereocenters. The molecule has 0 atom stereocenters. The van der Waals surface area contributed by atoms with Crippen LogP contribution in [0.15, 0.2) is 81.1 Å². The summed E-state index contributed by atoms with van der Waals surface area (Å²) in [6.45, 7) is 0.322. The Morgan fingerprint density at radius 2 is 1.81 bits per heavy atom. The van der Waals surface area contributed by atoms with Gasteiger partial charge in [0.1, 0.15) is 5.75 Å². The van der Waals surface area contributed by atoms with Gasteiger partial charge in [-0.05, 0) is 60.0 Å². The van der Waals surface area contributed by atoms with E-state index in [4.69, 9.17) is 9.66 Å². The molecule has 0 radical (unpaired) electrons. The Hall–Kier alpha value is -3.57. The van der Waals surface area contributed by atoms with Crippen molar-refractivity contribution in [1.29, 1.82) is 0 Å². The number of hydrogen-bond acceptors (Lipinski definition) is 7. The number of nitrogens with two attached hydrogens (primary N) is 1. The molecule has 2 aromatic heterocycles. The number of pyridine rings is 1. The largest absolute Gasteiger partial charge is 0.573 e. The van der Waals surface area contributed by atoms with E-state index in [0.29, 0.717) is 17.7 Å². The third kappa shape index (κ3) is 5.18. The normalized spacial score (nSPS) is 11.5. The monoisotopic (exact) mass is 460 g/mol. The van der Waals surface area contributed by atoms with E-state index in [-0.39, 0.29) is 23.0 Å². The molecule has 0 bridgehead atoms. The lowest BCUT2D eigenvalue weighted by Crippen LogP contribution is -2.19. The number of nitrogens with zero attached hydrogens (tertiary/aromatic N) is 3. The number of halogens is 3. The minimum atomic E-state index is -4.77. The van der Waals surface area contributed by atoms with Crippen molar-refractivity contribution >= 4 is 11.9 Å². The van der Waals surface area contributed by atoms with E-state index in [1.165, 1.54) is 22.8 Å². The summed E-state index contributed by atoms with van der Waals surface area (Å²) in [6.07, 6.45) is -3.17. The number of alkyl halides is 3. The first-order valence-corrected chi connectivity index (χ1v) is 10.0. The van der Waals surface area contributed by atoms with Crippen LogP contribution in [0.5, 0.6) is 5.75 Å². The molecule has 0 spiro atoms. The summed E-state index contributed by atoms with van der Waals surface area (Å²) in [5.41, 5.74) is 1.65. The molecule has 0 aliphatic heterocycles. The van der Waals surface area contributed by atoms with Crippen molar-refractivity contribution in [2.75, 3.05) is 0 Å². The van der Waals surface area contributed by atoms with Crippen LogP contribution in [0.2, 0.25) is 0 Å². The molecule has 32 heavy (non-hydrogen) atoms. The average Bonchev–Trinajstić information content (AvgIpc) is 3.25. The standard InChI is InChI=1S/C21H15F3N4O3S/c22-21(23,24)30-16-7-4-14(5-8-16)19-26-20(31-27-19)15-6-9-18(29)28(12-15)11-13-2-1-3-17(10-13)32-25/h1-10,12H,11,25H2. The molecule has 164 valence electrons. The number of rotatable bonds is 6. The summed E-state index contributed by atoms with van der Waals surface area (Å²) in [6, 6.07) is 15.5. The van der Waals surface area contributed by atoms with Crippen LogP contribution < -0.4 is 15.4 Å². The lowest BCUT2D eigenvalue weighted by atomic mass is 10.2. The number of aromatic nitrogens is 3. The van der Waals surface area contributed by atoms with Gasteiger partial charge in [0.15, 0.2) is 0 Å². The molecular weight excluding hydrogens is 445 g/mol. The molecule has 4 aromatic rings. The first-order chi connectivity index (χ1) is 15.3. The van der Waals surface area contributed by atoms with Gasteiger partial charge in [0.25, 0.3) is 11.4 Å². The van der Waals surface area contributed by atoms with E-state index in [1.807, 2.05) is 24.3 Å². The van der Waals surface area contributed by atoms with Crippen molar-refractivity contribution in [3.05, 3.63) is 82.8 Å². The smallest absolute Gasteiger partial charge is 0.406 e. The second kappa shape index (κ2) is 8.89. The van der Waals surface area contributed by atoms with E-state index >= 15 is 0 Å². The van der Waals surface area contributed by atoms with Gasteiger partial charge in [-0.1, -0.05) is 17.3 Å². The van der Waals surface area contributed by atoms with E-state index in [1.54, 1.807) is 12.3 Å². The Balaban J connectivity index is 1.56. The molecule has 0 aliphatic carbocycles. The summed E-state index contributed by atoms with van der Waals surface area (Å²) < 4.78 is 47.5. The van der Waals surface area contributed by atoms with Crippen LogP contribution in [-0.4, -0.2) is 21.1 Å². The van der Waals surface area contributed by atoms with E-state index in [9.17, 15) is 18.0 Å². The Morgan fingerprint density at radius 1 is 1.06 bits per heavy atom. The molecule has 2 aromatic carbocycles. The molecule has 0 saturated heterocycles. The van der Waals surface area contributed by atoms with Crippen molar-refractivity contribution in [3.63, 3.8) is 0 Å². The van der Waals surface area contributed by atoms with E-state index in [0.717, 1.165) is 34.5 Å². The second-order valence-corrected chi connectivity index (χ2v) is 7.35. The molecule has 0 aliphatic rings. The lowest BCUT2D eigenvalue weighted by Gasteiger charge is -2.08. The summed E-state index contributed by atoms with van der Waals surface area (Å²) in [5.74, 6) is -0.00578. The van der Waals surface area contributed by atoms with Crippen LogP contribution in [0.25, 0.3) is 22.8 Å². The maximum atomic E-state index is 12.3. The molecule has 0 fully saturated rings. The van der Waals surface area contributed by atoms with E-state index in [2.05, 4.69) is 14.9 Å². The lowest BCUT2D eigenvalue weighted by molar-refractivity contribution is -0.274. The Labute approximate surface area is 183 Å². The van der Waals surface area contributed by atoms with Gasteiger partial charge in [0.05, 0.1) is 12.1 Å². The van der Waals surface area contributed by atoms with Crippen molar-refractivity contribution in [2.24, 2.45) is 5.14 Å². The molecular formula is C21H15F3N4O3S. The highest BCUT2D eigenvalue weighted by Gasteiger charge is 2.31. The number of hydrogen-bond donors (Lipinski definition) is 1. The van der Waals surface area contributed by atoms with Crippen molar-refractivity contribution < 1.29 is 22.4 Å². The fourth-order valence-electron chi connectivity index (χ4n) is 2.96. The van der Waals surface area contributed by atoms with Crippen molar-refractivity contribution in [3.8, 4) is 28.6 Å². The maximum absolute atomic E-state index is 12.3. The molecule has 11 heteroatoms. The van der Waals surface area contributed by atoms with Gasteiger partial charge in [0.2, 0.25) is 5.82 Å². The predicted molar refractivity (Wildman–Crippen MR) is 112 cm³/mol.